The van der Waals surface area contributed by atoms with Crippen molar-refractivity contribution in [3.05, 3.63) is 96.4 Å². The largest absolute Gasteiger partial charge is 0.497 e. The Morgan fingerprint density at radius 3 is 1.65 bits per heavy atom. The Kier molecular flexibility index (Phi) is 17.4. The molecule has 1 saturated heterocycles. The molecule has 0 saturated carbocycles. The Morgan fingerprint density at radius 1 is 0.652 bits per heavy atom. The van der Waals surface area contributed by atoms with Crippen molar-refractivity contribution < 1.29 is 68.0 Å². The molecule has 18 heteroatoms. The van der Waals surface area contributed by atoms with Crippen molar-refractivity contribution in [3.8, 4) is 62.6 Å². The molecule has 0 aliphatic carbocycles. The molecule has 352 valence electrons. The zero-order chi connectivity index (χ0) is 48.0. The number of rotatable bonds is 20. The van der Waals surface area contributed by atoms with E-state index in [4.69, 9.17) is 53.6 Å². The predicted octanol–water partition coefficient (Wildman–Crippen LogP) is 6.29. The van der Waals surface area contributed by atoms with Crippen LogP contribution in [0.2, 0.25) is 0 Å². The lowest BCUT2D eigenvalue weighted by molar-refractivity contribution is -0.170. The number of carboxylic acid groups (broad SMARTS) is 3. The summed E-state index contributed by atoms with van der Waals surface area (Å²) in [5.41, 5.74) is 4.36. The number of nitrogens with zero attached hydrogens (tertiary/aromatic N) is 4. The number of methoxy groups -OCH3 is 7. The highest BCUT2D eigenvalue weighted by Gasteiger charge is 2.41. The zero-order valence-corrected chi connectivity index (χ0v) is 38.0. The Bertz CT molecular complexity index is 2370. The van der Waals surface area contributed by atoms with E-state index in [2.05, 4.69) is 50.1 Å². The minimum atomic E-state index is -2.74. The highest BCUT2D eigenvalue weighted by atomic mass is 16.5. The molecule has 0 atom stereocenters. The lowest BCUT2D eigenvalue weighted by Gasteiger charge is -2.40. The fourth-order valence-corrected chi connectivity index (χ4v) is 7.70. The topological polar surface area (TPSA) is 229 Å². The number of ether oxygens (including phenoxy) is 7. The van der Waals surface area contributed by atoms with E-state index in [9.17, 15) is 14.4 Å². The molecule has 66 heavy (non-hydrogen) atoms. The maximum absolute atomic E-state index is 10.3. The summed E-state index contributed by atoms with van der Waals surface area (Å²) in [7, 11) is 11.4. The number of hydrogen-bond donors (Lipinski definition) is 4. The maximum Gasteiger partial charge on any atom is 0.336 e. The lowest BCUT2D eigenvalue weighted by Crippen LogP contribution is -2.44. The van der Waals surface area contributed by atoms with Crippen molar-refractivity contribution in [2.75, 3.05) is 67.8 Å². The molecule has 3 aromatic carbocycles. The van der Waals surface area contributed by atoms with Crippen LogP contribution in [0.15, 0.2) is 85.3 Å². The predicted molar refractivity (Wildman–Crippen MR) is 243 cm³/mol. The second kappa shape index (κ2) is 23.0. The number of carboxylic acids is 3. The third-order valence-electron chi connectivity index (χ3n) is 11.0. The van der Waals surface area contributed by atoms with E-state index < -0.39 is 36.4 Å². The van der Waals surface area contributed by atoms with E-state index in [1.807, 2.05) is 55.0 Å². The van der Waals surface area contributed by atoms with Gasteiger partial charge in [0.2, 0.25) is 11.5 Å². The fraction of sp³-hybridized carbons (Fsp3) is 0.354. The monoisotopic (exact) mass is 912 g/mol. The van der Waals surface area contributed by atoms with Crippen molar-refractivity contribution in [3.63, 3.8) is 0 Å². The van der Waals surface area contributed by atoms with Gasteiger partial charge in [-0.1, -0.05) is 0 Å². The van der Waals surface area contributed by atoms with E-state index in [1.165, 1.54) is 5.56 Å². The number of aliphatic carboxylic acids is 3. The molecule has 6 rings (SSSR count). The molecule has 3 heterocycles. The molecular formula is C48H56N4O14. The summed E-state index contributed by atoms with van der Waals surface area (Å²) < 4.78 is 39.0. The normalized spacial score (nSPS) is 12.8. The van der Waals surface area contributed by atoms with Crippen LogP contribution in [0.25, 0.3) is 22.4 Å². The summed E-state index contributed by atoms with van der Waals surface area (Å²) in [4.78, 5) is 44.8. The first-order chi connectivity index (χ1) is 31.7. The smallest absolute Gasteiger partial charge is 0.336 e. The van der Waals surface area contributed by atoms with Gasteiger partial charge in [-0.25, -0.2) is 4.79 Å². The van der Waals surface area contributed by atoms with Crippen LogP contribution in [0.1, 0.15) is 36.8 Å². The number of benzene rings is 3. The molecule has 1 fully saturated rings. The summed E-state index contributed by atoms with van der Waals surface area (Å²) in [5.74, 6) is -0.673. The molecule has 18 nitrogen and oxygen atoms in total. The molecule has 0 unspecified atom stereocenters. The summed E-state index contributed by atoms with van der Waals surface area (Å²) >= 11 is 0. The molecule has 0 spiro atoms. The number of carbonyl (C=O) groups is 3. The van der Waals surface area contributed by atoms with Gasteiger partial charge >= 0.3 is 17.9 Å². The van der Waals surface area contributed by atoms with Crippen LogP contribution < -0.4 is 38.1 Å². The van der Waals surface area contributed by atoms with E-state index in [1.54, 1.807) is 49.8 Å². The third kappa shape index (κ3) is 12.5. The molecule has 5 aromatic rings. The maximum atomic E-state index is 10.3. The van der Waals surface area contributed by atoms with Gasteiger partial charge in [-0.3, -0.25) is 24.5 Å². The van der Waals surface area contributed by atoms with Gasteiger partial charge in [0.15, 0.2) is 28.6 Å². The van der Waals surface area contributed by atoms with E-state index in [-0.39, 0.29) is 0 Å². The molecule has 0 bridgehead atoms. The molecule has 2 aromatic heterocycles. The van der Waals surface area contributed by atoms with E-state index in [0.29, 0.717) is 47.1 Å². The van der Waals surface area contributed by atoms with Gasteiger partial charge in [-0.05, 0) is 96.3 Å². The molecule has 1 aliphatic heterocycles. The molecule has 4 N–H and O–H groups in total. The van der Waals surface area contributed by atoms with E-state index in [0.717, 1.165) is 71.9 Å². The summed E-state index contributed by atoms with van der Waals surface area (Å²) in [5, 5.41) is 33.8. The summed E-state index contributed by atoms with van der Waals surface area (Å²) in [6.45, 7) is 3.45. The van der Waals surface area contributed by atoms with Crippen molar-refractivity contribution >= 4 is 23.6 Å². The van der Waals surface area contributed by atoms with Gasteiger partial charge in [-0.15, -0.1) is 0 Å². The SMILES string of the molecule is COc1ccc(N(Cc2cncc(-c3cc(OC)c(OC)c(OC)c3)c2)C2CCN(Cc3ccnc(-c4cc(OC)c(OC)c(OC)c4)c3)CC2)cc1.O=C(O)CC(O)(CC(=O)O)C(=O)O. The highest BCUT2D eigenvalue weighted by Crippen LogP contribution is 2.42. The minimum Gasteiger partial charge on any atom is -0.497 e. The Balaban J connectivity index is 0.000000547. The van der Waals surface area contributed by atoms with Crippen LogP contribution >= 0.6 is 0 Å². The average Bonchev–Trinajstić information content (AvgIpc) is 3.32. The van der Waals surface area contributed by atoms with Crippen molar-refractivity contribution in [1.29, 1.82) is 0 Å². The number of pyridine rings is 2. The first-order valence-electron chi connectivity index (χ1n) is 20.7. The lowest BCUT2D eigenvalue weighted by atomic mass is 9.96. The first-order valence-corrected chi connectivity index (χ1v) is 20.7. The standard InChI is InChI=1S/C42H48N4O7.C6H8O7/c1-47-35-10-8-33(9-11-35)46(27-29-18-32(25-43-24-29)30-20-37(48-2)41(52-6)38(21-30)49-3)34-13-16-45(17-14-34)26-28-12-15-44-36(19-28)31-22-39(50-4)42(53-7)40(23-31)51-5;7-3(8)1-6(13,5(11)12)2-4(9)10/h8-12,15,18-25,34H,13-14,16-17,26-27H2,1-7H3;13H,1-2H2,(H,7,8)(H,9,10)(H,11,12). The number of aliphatic hydroxyl groups is 1. The van der Waals surface area contributed by atoms with Crippen LogP contribution in [-0.2, 0) is 27.5 Å². The Hall–Kier alpha value is -7.31. The number of likely N-dealkylation sites (tertiary alicyclic amines) is 1. The average molecular weight is 913 g/mol. The first kappa shape index (κ1) is 49.7. The summed E-state index contributed by atoms with van der Waals surface area (Å²) in [6.07, 6.45) is 5.41. The van der Waals surface area contributed by atoms with Gasteiger partial charge in [0.05, 0.1) is 68.3 Å². The third-order valence-corrected chi connectivity index (χ3v) is 11.0. The van der Waals surface area contributed by atoms with Crippen LogP contribution in [-0.4, -0.2) is 128 Å². The van der Waals surface area contributed by atoms with Gasteiger partial charge in [-0.2, -0.15) is 0 Å². The van der Waals surface area contributed by atoms with Crippen molar-refractivity contribution in [2.24, 2.45) is 0 Å². The van der Waals surface area contributed by atoms with E-state index >= 15 is 0 Å². The Labute approximate surface area is 382 Å². The number of hydrogen-bond acceptors (Lipinski definition) is 15. The van der Waals surface area contributed by atoms with Crippen molar-refractivity contribution in [2.45, 2.75) is 50.4 Å². The molecule has 0 amide bonds. The van der Waals surface area contributed by atoms with Gasteiger partial charge in [0.1, 0.15) is 5.75 Å². The van der Waals surface area contributed by atoms with Crippen LogP contribution in [0.5, 0.6) is 40.2 Å². The molecular weight excluding hydrogens is 857 g/mol. The zero-order valence-electron chi connectivity index (χ0n) is 38.0. The van der Waals surface area contributed by atoms with Gasteiger partial charge in [0, 0.05) is 67.6 Å². The van der Waals surface area contributed by atoms with Crippen molar-refractivity contribution in [1.82, 2.24) is 14.9 Å². The molecule has 1 aliphatic rings. The number of anilines is 1. The van der Waals surface area contributed by atoms with Crippen LogP contribution in [0, 0.1) is 0 Å². The quantitative estimate of drug-likeness (QED) is 0.0672. The highest BCUT2D eigenvalue weighted by molar-refractivity contribution is 5.88. The van der Waals surface area contributed by atoms with Crippen LogP contribution in [0.3, 0.4) is 0 Å². The number of piperidine rings is 1. The van der Waals surface area contributed by atoms with Crippen LogP contribution in [0.4, 0.5) is 5.69 Å². The molecule has 0 radical (unpaired) electrons. The Morgan fingerprint density at radius 2 is 1.18 bits per heavy atom. The minimum absolute atomic E-state index is 0.330. The second-order valence-corrected chi connectivity index (χ2v) is 15.3. The summed E-state index contributed by atoms with van der Waals surface area (Å²) in [6, 6.07) is 22.9. The van der Waals surface area contributed by atoms with Gasteiger partial charge < -0.3 is 58.5 Å². The fourth-order valence-electron chi connectivity index (χ4n) is 7.70. The second-order valence-electron chi connectivity index (χ2n) is 15.3. The number of aromatic nitrogens is 2. The van der Waals surface area contributed by atoms with Gasteiger partial charge in [0.25, 0.3) is 0 Å².